The van der Waals surface area contributed by atoms with Gasteiger partial charge in [-0.2, -0.15) is 0 Å². The molecule has 2 rings (SSSR count). The molecule has 0 heterocycles. The zero-order valence-corrected chi connectivity index (χ0v) is 12.6. The van der Waals surface area contributed by atoms with Crippen LogP contribution < -0.4 is 0 Å². The van der Waals surface area contributed by atoms with Crippen molar-refractivity contribution in [2.75, 3.05) is 0 Å². The summed E-state index contributed by atoms with van der Waals surface area (Å²) in [5.74, 6) is 1.08. The van der Waals surface area contributed by atoms with E-state index in [0.29, 0.717) is 0 Å². The smallest absolute Gasteiger partial charge is 0.242 e. The van der Waals surface area contributed by atoms with Gasteiger partial charge >= 0.3 is 0 Å². The number of allylic oxidation sites excluding steroid dienone is 1. The van der Waals surface area contributed by atoms with Gasteiger partial charge in [-0.15, -0.1) is 0 Å². The van der Waals surface area contributed by atoms with Crippen LogP contribution in [0.25, 0.3) is 5.76 Å². The SMILES string of the molecule is C[Si](C)(C)OC1=CCCc2ccc(Br)cc21. The molecule has 1 aliphatic carbocycles. The summed E-state index contributed by atoms with van der Waals surface area (Å²) < 4.78 is 7.26. The Morgan fingerprint density at radius 3 is 2.69 bits per heavy atom. The van der Waals surface area contributed by atoms with Crippen molar-refractivity contribution in [2.24, 2.45) is 0 Å². The lowest BCUT2D eigenvalue weighted by Crippen LogP contribution is -2.25. The Morgan fingerprint density at radius 1 is 1.25 bits per heavy atom. The number of halogens is 1. The molecule has 16 heavy (non-hydrogen) atoms. The van der Waals surface area contributed by atoms with Crippen LogP contribution in [0.15, 0.2) is 28.7 Å². The van der Waals surface area contributed by atoms with Crippen LogP contribution in [-0.2, 0) is 10.8 Å². The summed E-state index contributed by atoms with van der Waals surface area (Å²) in [5.41, 5.74) is 2.67. The van der Waals surface area contributed by atoms with E-state index in [4.69, 9.17) is 4.43 Å². The van der Waals surface area contributed by atoms with E-state index < -0.39 is 8.32 Å². The molecule has 86 valence electrons. The van der Waals surface area contributed by atoms with Gasteiger partial charge in [0.05, 0.1) is 0 Å². The predicted octanol–water partition coefficient (Wildman–Crippen LogP) is 4.59. The minimum absolute atomic E-state index is 1.08. The first-order chi connectivity index (χ1) is 7.46. The Hall–Kier alpha value is -0.543. The highest BCUT2D eigenvalue weighted by molar-refractivity contribution is 9.10. The van der Waals surface area contributed by atoms with E-state index in [1.54, 1.807) is 0 Å². The molecule has 0 aliphatic heterocycles. The molecular formula is C13H17BrOSi. The van der Waals surface area contributed by atoms with Crippen LogP contribution in [-0.4, -0.2) is 8.32 Å². The number of benzene rings is 1. The van der Waals surface area contributed by atoms with Crippen molar-refractivity contribution >= 4 is 30.0 Å². The van der Waals surface area contributed by atoms with E-state index >= 15 is 0 Å². The van der Waals surface area contributed by atoms with Crippen LogP contribution in [0.4, 0.5) is 0 Å². The molecule has 0 saturated heterocycles. The fraction of sp³-hybridized carbons (Fsp3) is 0.385. The lowest BCUT2D eigenvalue weighted by atomic mass is 9.96. The zero-order valence-electron chi connectivity index (χ0n) is 10.0. The summed E-state index contributed by atoms with van der Waals surface area (Å²) in [7, 11) is -1.51. The van der Waals surface area contributed by atoms with Crippen molar-refractivity contribution in [3.05, 3.63) is 39.9 Å². The number of aryl methyl sites for hydroxylation is 1. The fourth-order valence-electron chi connectivity index (χ4n) is 1.89. The van der Waals surface area contributed by atoms with Gasteiger partial charge in [0.25, 0.3) is 0 Å². The van der Waals surface area contributed by atoms with Gasteiger partial charge in [-0.05, 0) is 56.3 Å². The first kappa shape index (κ1) is 11.9. The molecule has 1 nitrogen and oxygen atoms in total. The van der Waals surface area contributed by atoms with Crippen LogP contribution in [0.1, 0.15) is 17.5 Å². The van der Waals surface area contributed by atoms with Crippen LogP contribution in [0, 0.1) is 0 Å². The molecule has 0 aromatic heterocycles. The summed E-state index contributed by atoms with van der Waals surface area (Å²) in [5, 5.41) is 0. The van der Waals surface area contributed by atoms with Crippen molar-refractivity contribution in [1.29, 1.82) is 0 Å². The second-order valence-electron chi connectivity index (χ2n) is 5.12. The number of hydrogen-bond donors (Lipinski definition) is 0. The number of hydrogen-bond acceptors (Lipinski definition) is 1. The summed E-state index contributed by atoms with van der Waals surface area (Å²) in [6.07, 6.45) is 4.45. The molecule has 0 N–H and O–H groups in total. The topological polar surface area (TPSA) is 9.23 Å². The summed E-state index contributed by atoms with van der Waals surface area (Å²) in [6, 6.07) is 6.47. The standard InChI is InChI=1S/C13H17BrOSi/c1-16(2,3)15-13-6-4-5-10-7-8-11(14)9-12(10)13/h6-9H,4-5H2,1-3H3. The molecule has 1 aromatic carbocycles. The molecule has 1 aromatic rings. The third-order valence-electron chi connectivity index (χ3n) is 2.50. The Bertz CT molecular complexity index is 432. The normalized spacial score (nSPS) is 15.4. The molecule has 0 amide bonds. The highest BCUT2D eigenvalue weighted by Crippen LogP contribution is 2.31. The van der Waals surface area contributed by atoms with Crippen LogP contribution in [0.3, 0.4) is 0 Å². The largest absolute Gasteiger partial charge is 0.544 e. The summed E-state index contributed by atoms with van der Waals surface area (Å²) in [4.78, 5) is 0. The highest BCUT2D eigenvalue weighted by Gasteiger charge is 2.21. The molecule has 0 fully saturated rings. The van der Waals surface area contributed by atoms with E-state index in [9.17, 15) is 0 Å². The molecule has 0 radical (unpaired) electrons. The Balaban J connectivity index is 2.36. The van der Waals surface area contributed by atoms with Gasteiger partial charge in [-0.1, -0.05) is 22.0 Å². The average molecular weight is 297 g/mol. The quantitative estimate of drug-likeness (QED) is 0.726. The molecule has 3 heteroatoms. The number of fused-ring (bicyclic) bond motifs is 1. The molecule has 0 spiro atoms. The third-order valence-corrected chi connectivity index (χ3v) is 3.82. The van der Waals surface area contributed by atoms with E-state index in [-0.39, 0.29) is 0 Å². The van der Waals surface area contributed by atoms with E-state index in [2.05, 4.69) is 59.8 Å². The lowest BCUT2D eigenvalue weighted by Gasteiger charge is -2.26. The maximum atomic E-state index is 6.14. The highest BCUT2D eigenvalue weighted by atomic mass is 79.9. The van der Waals surface area contributed by atoms with Crippen molar-refractivity contribution in [3.63, 3.8) is 0 Å². The monoisotopic (exact) mass is 296 g/mol. The van der Waals surface area contributed by atoms with Gasteiger partial charge in [-0.3, -0.25) is 0 Å². The summed E-state index contributed by atoms with van der Waals surface area (Å²) >= 11 is 3.53. The van der Waals surface area contributed by atoms with Crippen LogP contribution in [0.5, 0.6) is 0 Å². The third kappa shape index (κ3) is 2.77. The predicted molar refractivity (Wildman–Crippen MR) is 74.9 cm³/mol. The van der Waals surface area contributed by atoms with Gasteiger partial charge in [0.15, 0.2) is 0 Å². The molecule has 0 unspecified atom stereocenters. The molecule has 1 aliphatic rings. The fourth-order valence-corrected chi connectivity index (χ4v) is 3.11. The Kier molecular flexibility index (Phi) is 3.26. The van der Waals surface area contributed by atoms with Crippen molar-refractivity contribution in [3.8, 4) is 0 Å². The van der Waals surface area contributed by atoms with E-state index in [1.165, 1.54) is 11.1 Å². The van der Waals surface area contributed by atoms with Crippen molar-refractivity contribution in [2.45, 2.75) is 32.5 Å². The number of rotatable bonds is 2. The summed E-state index contributed by atoms with van der Waals surface area (Å²) in [6.45, 7) is 6.67. The minimum atomic E-state index is -1.51. The van der Waals surface area contributed by atoms with E-state index in [0.717, 1.165) is 23.1 Å². The maximum Gasteiger partial charge on any atom is 0.242 e. The minimum Gasteiger partial charge on any atom is -0.544 e. The van der Waals surface area contributed by atoms with Crippen LogP contribution in [0.2, 0.25) is 19.6 Å². The zero-order chi connectivity index (χ0) is 11.8. The second-order valence-corrected chi connectivity index (χ2v) is 10.5. The van der Waals surface area contributed by atoms with Gasteiger partial charge in [0, 0.05) is 10.0 Å². The van der Waals surface area contributed by atoms with Crippen LogP contribution >= 0.6 is 15.9 Å². The lowest BCUT2D eigenvalue weighted by molar-refractivity contribution is 0.508. The van der Waals surface area contributed by atoms with Gasteiger partial charge in [-0.25, -0.2) is 0 Å². The van der Waals surface area contributed by atoms with Gasteiger partial charge in [0.1, 0.15) is 5.76 Å². The molecule has 0 atom stereocenters. The molecule has 0 bridgehead atoms. The van der Waals surface area contributed by atoms with E-state index in [1.807, 2.05) is 0 Å². The Morgan fingerprint density at radius 2 is 2.00 bits per heavy atom. The second kappa shape index (κ2) is 4.38. The van der Waals surface area contributed by atoms with Crippen molar-refractivity contribution in [1.82, 2.24) is 0 Å². The van der Waals surface area contributed by atoms with Crippen molar-refractivity contribution < 1.29 is 4.43 Å². The molecular weight excluding hydrogens is 280 g/mol. The Labute approximate surface area is 107 Å². The molecule has 0 saturated carbocycles. The average Bonchev–Trinajstić information content (AvgIpc) is 2.17. The first-order valence-electron chi connectivity index (χ1n) is 5.64. The maximum absolute atomic E-state index is 6.14. The van der Waals surface area contributed by atoms with Gasteiger partial charge < -0.3 is 4.43 Å². The first-order valence-corrected chi connectivity index (χ1v) is 9.84. The van der Waals surface area contributed by atoms with Gasteiger partial charge in [0.2, 0.25) is 8.32 Å².